The molecule has 0 amide bonds. The van der Waals surface area contributed by atoms with Crippen LogP contribution >= 0.6 is 34.4 Å². The third kappa shape index (κ3) is 4.37. The molecule has 1 aliphatic carbocycles. The number of nitrogens with zero attached hydrogens (tertiary/aromatic N) is 4. The predicted octanol–water partition coefficient (Wildman–Crippen LogP) is 3.01. The largest absolute Gasteiger partial charge is 0.382 e. The van der Waals surface area contributed by atoms with Crippen LogP contribution in [0.1, 0.15) is 43.1 Å². The number of ketones is 1. The number of nitrogen functional groups attached to an aromatic ring is 1. The van der Waals surface area contributed by atoms with E-state index in [1.807, 2.05) is 16.7 Å². The van der Waals surface area contributed by atoms with Crippen LogP contribution in [0.4, 0.5) is 5.82 Å². The lowest BCUT2D eigenvalue weighted by Gasteiger charge is -2.20. The molecule has 1 aliphatic rings. The summed E-state index contributed by atoms with van der Waals surface area (Å²) in [6.45, 7) is 5.42. The van der Waals surface area contributed by atoms with Gasteiger partial charge in [0.05, 0.1) is 4.75 Å². The quantitative estimate of drug-likeness (QED) is 0.422. The second kappa shape index (κ2) is 8.54. The lowest BCUT2D eigenvalue weighted by Crippen LogP contribution is -2.40. The molecule has 0 saturated heterocycles. The Hall–Kier alpha value is -1.77. The second-order valence-corrected chi connectivity index (χ2v) is 13.1. The monoisotopic (exact) mass is 586 g/mol. The molecule has 12 heteroatoms. The lowest BCUT2D eigenvalue weighted by atomic mass is 10.1. The van der Waals surface area contributed by atoms with Crippen molar-refractivity contribution in [3.05, 3.63) is 33.2 Å². The van der Waals surface area contributed by atoms with Gasteiger partial charge in [0, 0.05) is 33.5 Å². The number of aromatic nitrogens is 4. The molecule has 2 heterocycles. The number of imidazole rings is 1. The number of rotatable bonds is 6. The molecule has 9 nitrogen and oxygen atoms in total. The smallest absolute Gasteiger partial charge is 0.216 e. The van der Waals surface area contributed by atoms with Crippen molar-refractivity contribution in [2.45, 2.75) is 55.0 Å². The SMILES string of the molecule is CC(C)(C)S(=O)(=O)NCCn1c(Sc2cc3c(cc2I)CCC3=O)nc2c(N)ncnc21. The van der Waals surface area contributed by atoms with Gasteiger partial charge in [0.2, 0.25) is 10.0 Å². The number of hydrogen-bond donors (Lipinski definition) is 2. The van der Waals surface area contributed by atoms with E-state index >= 15 is 0 Å². The first-order valence-electron chi connectivity index (χ1n) is 9.97. The minimum Gasteiger partial charge on any atom is -0.382 e. The maximum absolute atomic E-state index is 12.4. The highest BCUT2D eigenvalue weighted by atomic mass is 127. The number of halogens is 1. The molecule has 0 saturated carbocycles. The maximum Gasteiger partial charge on any atom is 0.216 e. The Balaban J connectivity index is 1.69. The number of aryl methyl sites for hydroxylation is 1. The molecule has 32 heavy (non-hydrogen) atoms. The number of Topliss-reactive ketones (excluding diaryl/α,β-unsaturated/α-hetero) is 1. The molecular weight excluding hydrogens is 563 g/mol. The summed E-state index contributed by atoms with van der Waals surface area (Å²) in [5.41, 5.74) is 8.83. The zero-order valence-corrected chi connectivity index (χ0v) is 21.6. The highest BCUT2D eigenvalue weighted by Crippen LogP contribution is 2.37. The predicted molar refractivity (Wildman–Crippen MR) is 132 cm³/mol. The van der Waals surface area contributed by atoms with E-state index in [9.17, 15) is 13.2 Å². The molecule has 0 bridgehead atoms. The molecular formula is C20H23IN6O3S2. The number of nitrogens with two attached hydrogens (primary N) is 1. The summed E-state index contributed by atoms with van der Waals surface area (Å²) in [6.07, 6.45) is 2.67. The molecule has 1 aromatic carbocycles. The fourth-order valence-corrected chi connectivity index (χ4v) is 5.95. The van der Waals surface area contributed by atoms with Crippen molar-refractivity contribution < 1.29 is 13.2 Å². The summed E-state index contributed by atoms with van der Waals surface area (Å²) in [5, 5.41) is 0.602. The Labute approximate surface area is 204 Å². The van der Waals surface area contributed by atoms with Crippen molar-refractivity contribution in [1.29, 1.82) is 0 Å². The van der Waals surface area contributed by atoms with Gasteiger partial charge < -0.3 is 10.3 Å². The van der Waals surface area contributed by atoms with Gasteiger partial charge in [-0.15, -0.1) is 0 Å². The number of sulfonamides is 1. The summed E-state index contributed by atoms with van der Waals surface area (Å²) in [5.74, 6) is 0.406. The number of anilines is 1. The number of nitrogens with one attached hydrogen (secondary N) is 1. The van der Waals surface area contributed by atoms with Gasteiger partial charge in [-0.25, -0.2) is 28.1 Å². The molecule has 3 N–H and O–H groups in total. The van der Waals surface area contributed by atoms with E-state index in [2.05, 4.69) is 42.3 Å². The third-order valence-electron chi connectivity index (χ3n) is 5.24. The van der Waals surface area contributed by atoms with Gasteiger partial charge in [0.15, 0.2) is 27.9 Å². The highest BCUT2D eigenvalue weighted by molar-refractivity contribution is 14.1. The van der Waals surface area contributed by atoms with Gasteiger partial charge in [-0.2, -0.15) is 0 Å². The van der Waals surface area contributed by atoms with Crippen LogP contribution in [0.3, 0.4) is 0 Å². The summed E-state index contributed by atoms with van der Waals surface area (Å²) in [7, 11) is -3.49. The summed E-state index contributed by atoms with van der Waals surface area (Å²) in [6, 6.07) is 3.96. The highest BCUT2D eigenvalue weighted by Gasteiger charge is 2.28. The molecule has 0 aliphatic heterocycles. The molecule has 0 atom stereocenters. The molecule has 0 spiro atoms. The van der Waals surface area contributed by atoms with Crippen molar-refractivity contribution in [3.63, 3.8) is 0 Å². The van der Waals surface area contributed by atoms with Crippen LogP contribution in [0.5, 0.6) is 0 Å². The fraction of sp³-hybridized carbons (Fsp3) is 0.400. The molecule has 170 valence electrons. The van der Waals surface area contributed by atoms with Crippen molar-refractivity contribution in [2.24, 2.45) is 0 Å². The van der Waals surface area contributed by atoms with E-state index in [1.54, 1.807) is 20.8 Å². The number of benzene rings is 1. The topological polar surface area (TPSA) is 133 Å². The van der Waals surface area contributed by atoms with Crippen molar-refractivity contribution >= 4 is 67.1 Å². The van der Waals surface area contributed by atoms with Gasteiger partial charge in [0.1, 0.15) is 6.33 Å². The van der Waals surface area contributed by atoms with Gasteiger partial charge in [-0.3, -0.25) is 4.79 Å². The van der Waals surface area contributed by atoms with Crippen LogP contribution in [0.2, 0.25) is 0 Å². The number of carbonyl (C=O) groups is 1. The molecule has 0 fully saturated rings. The first-order valence-corrected chi connectivity index (χ1v) is 13.3. The van der Waals surface area contributed by atoms with E-state index in [1.165, 1.54) is 18.1 Å². The molecule has 0 radical (unpaired) electrons. The van der Waals surface area contributed by atoms with Crippen LogP contribution in [0, 0.1) is 3.57 Å². The maximum atomic E-state index is 12.4. The van der Waals surface area contributed by atoms with Gasteiger partial charge >= 0.3 is 0 Å². The van der Waals surface area contributed by atoms with Crippen molar-refractivity contribution in [1.82, 2.24) is 24.2 Å². The van der Waals surface area contributed by atoms with Gasteiger partial charge in [-0.1, -0.05) is 11.8 Å². The average Bonchev–Trinajstić information content (AvgIpc) is 3.23. The molecule has 0 unspecified atom stereocenters. The van der Waals surface area contributed by atoms with Crippen molar-refractivity contribution in [2.75, 3.05) is 12.3 Å². The van der Waals surface area contributed by atoms with E-state index in [4.69, 9.17) is 5.73 Å². The molecule has 3 aromatic rings. The van der Waals surface area contributed by atoms with Crippen LogP contribution < -0.4 is 10.5 Å². The van der Waals surface area contributed by atoms with Crippen molar-refractivity contribution in [3.8, 4) is 0 Å². The van der Waals surface area contributed by atoms with Crippen LogP contribution in [0.15, 0.2) is 28.5 Å². The van der Waals surface area contributed by atoms with E-state index in [0.717, 1.165) is 26.0 Å². The number of fused-ring (bicyclic) bond motifs is 2. The third-order valence-corrected chi connectivity index (χ3v) is 9.75. The van der Waals surface area contributed by atoms with Crippen LogP contribution in [-0.4, -0.2) is 45.0 Å². The number of carbonyl (C=O) groups excluding carboxylic acids is 1. The Morgan fingerprint density at radius 2 is 2.00 bits per heavy atom. The summed E-state index contributed by atoms with van der Waals surface area (Å²) >= 11 is 3.66. The zero-order chi connectivity index (χ0) is 23.3. The summed E-state index contributed by atoms with van der Waals surface area (Å²) in [4.78, 5) is 26.1. The fourth-order valence-electron chi connectivity index (χ4n) is 3.34. The minimum absolute atomic E-state index is 0.151. The average molecular weight is 586 g/mol. The first-order chi connectivity index (χ1) is 15.0. The second-order valence-electron chi connectivity index (χ2n) is 8.45. The normalized spacial score (nSPS) is 14.3. The summed E-state index contributed by atoms with van der Waals surface area (Å²) < 4.78 is 29.5. The Morgan fingerprint density at radius 1 is 1.25 bits per heavy atom. The van der Waals surface area contributed by atoms with E-state index in [0.29, 0.717) is 29.3 Å². The van der Waals surface area contributed by atoms with E-state index < -0.39 is 14.8 Å². The Kier molecular flexibility index (Phi) is 6.24. The molecule has 2 aromatic heterocycles. The zero-order valence-electron chi connectivity index (χ0n) is 17.8. The standard InChI is InChI=1S/C20H23IN6O3S2/c1-20(2,3)32(29,30)25-6-7-27-18-16(17(22)23-10-24-18)26-19(27)31-15-9-12-11(8-13(15)21)4-5-14(12)28/h8-10,25H,4-7H2,1-3H3,(H2,22,23,24). The molecule has 4 rings (SSSR count). The van der Waals surface area contributed by atoms with E-state index in [-0.39, 0.29) is 18.1 Å². The van der Waals surface area contributed by atoms with Gasteiger partial charge in [0.25, 0.3) is 0 Å². The van der Waals surface area contributed by atoms with Gasteiger partial charge in [-0.05, 0) is 67.5 Å². The van der Waals surface area contributed by atoms with Crippen LogP contribution in [-0.2, 0) is 23.0 Å². The lowest BCUT2D eigenvalue weighted by molar-refractivity contribution is 0.0994. The Morgan fingerprint density at radius 3 is 2.72 bits per heavy atom. The minimum atomic E-state index is -3.49. The Bertz CT molecular complexity index is 1330. The number of hydrogen-bond acceptors (Lipinski definition) is 8. The first kappa shape index (κ1) is 23.4. The van der Waals surface area contributed by atoms with Crippen LogP contribution in [0.25, 0.3) is 11.2 Å².